The van der Waals surface area contributed by atoms with Gasteiger partial charge in [0.25, 0.3) is 0 Å². The van der Waals surface area contributed by atoms with Gasteiger partial charge in [-0.1, -0.05) is 42.0 Å². The van der Waals surface area contributed by atoms with Crippen LogP contribution in [-0.4, -0.2) is 15.9 Å². The summed E-state index contributed by atoms with van der Waals surface area (Å²) in [5, 5.41) is 4.48. The highest BCUT2D eigenvalue weighted by atomic mass is 16.5. The zero-order chi connectivity index (χ0) is 17.8. The Labute approximate surface area is 152 Å². The Balaban J connectivity index is 1.41. The van der Waals surface area contributed by atoms with Crippen LogP contribution >= 0.6 is 0 Å². The van der Waals surface area contributed by atoms with E-state index in [0.717, 1.165) is 27.9 Å². The molecule has 1 aromatic heterocycles. The predicted octanol–water partition coefficient (Wildman–Crippen LogP) is 4.81. The molecule has 4 rings (SSSR count). The molecule has 4 aromatic rings. The van der Waals surface area contributed by atoms with E-state index < -0.39 is 0 Å². The highest BCUT2D eigenvalue weighted by Crippen LogP contribution is 2.15. The lowest BCUT2D eigenvalue weighted by Gasteiger charge is -2.06. The van der Waals surface area contributed by atoms with Crippen molar-refractivity contribution in [1.29, 1.82) is 0 Å². The topological polar surface area (TPSA) is 39.4 Å². The predicted molar refractivity (Wildman–Crippen MR) is 105 cm³/mol. The van der Waals surface area contributed by atoms with Crippen LogP contribution in [0, 0.1) is 6.92 Å². The Hall–Kier alpha value is -3.40. The molecule has 0 spiro atoms. The summed E-state index contributed by atoms with van der Waals surface area (Å²) in [6.07, 6.45) is 3.54. The number of rotatable bonds is 5. The number of hydrogen-bond donors (Lipinski definition) is 0. The second-order valence-electron chi connectivity index (χ2n) is 6.17. The maximum Gasteiger partial charge on any atom is 0.119 e. The van der Waals surface area contributed by atoms with Crippen molar-refractivity contribution in [2.75, 3.05) is 0 Å². The zero-order valence-corrected chi connectivity index (χ0v) is 14.5. The van der Waals surface area contributed by atoms with Crippen LogP contribution in [0.4, 0.5) is 0 Å². The van der Waals surface area contributed by atoms with Gasteiger partial charge in [-0.2, -0.15) is 5.10 Å². The second-order valence-corrected chi connectivity index (χ2v) is 6.17. The maximum absolute atomic E-state index is 5.84. The van der Waals surface area contributed by atoms with Gasteiger partial charge in [-0.05, 0) is 54.4 Å². The van der Waals surface area contributed by atoms with E-state index in [1.165, 1.54) is 5.56 Å². The Morgan fingerprint density at radius 3 is 2.54 bits per heavy atom. The molecule has 0 bridgehead atoms. The minimum absolute atomic E-state index is 0.564. The molecule has 0 N–H and O–H groups in total. The van der Waals surface area contributed by atoms with Crippen LogP contribution in [0.5, 0.6) is 5.75 Å². The van der Waals surface area contributed by atoms with Crippen LogP contribution in [0.1, 0.15) is 16.7 Å². The smallest absolute Gasteiger partial charge is 0.119 e. The van der Waals surface area contributed by atoms with Crippen LogP contribution < -0.4 is 4.74 Å². The molecule has 0 aliphatic rings. The second kappa shape index (κ2) is 7.23. The van der Waals surface area contributed by atoms with Crippen molar-refractivity contribution < 1.29 is 4.74 Å². The molecule has 0 radical (unpaired) electrons. The SMILES string of the molecule is Cc1ccc(COc2ccc(/C=N\n3cnc4ccccc43)cc2)cc1. The molecule has 4 nitrogen and oxygen atoms in total. The molecule has 128 valence electrons. The molecule has 0 aliphatic carbocycles. The van der Waals surface area contributed by atoms with E-state index in [2.05, 4.69) is 41.3 Å². The summed E-state index contributed by atoms with van der Waals surface area (Å²) in [5.74, 6) is 0.843. The molecule has 0 unspecified atom stereocenters. The van der Waals surface area contributed by atoms with E-state index in [1.54, 1.807) is 11.0 Å². The Bertz CT molecular complexity index is 1030. The first-order valence-corrected chi connectivity index (χ1v) is 8.53. The van der Waals surface area contributed by atoms with Crippen molar-refractivity contribution >= 4 is 17.2 Å². The first-order valence-electron chi connectivity index (χ1n) is 8.53. The number of ether oxygens (including phenoxy) is 1. The van der Waals surface area contributed by atoms with Crippen molar-refractivity contribution in [3.05, 3.63) is 95.8 Å². The average molecular weight is 341 g/mol. The fraction of sp³-hybridized carbons (Fsp3) is 0.0909. The van der Waals surface area contributed by atoms with Gasteiger partial charge in [0.15, 0.2) is 0 Å². The Morgan fingerprint density at radius 2 is 1.73 bits per heavy atom. The molecule has 4 heteroatoms. The van der Waals surface area contributed by atoms with Gasteiger partial charge < -0.3 is 4.74 Å². The molecule has 0 atom stereocenters. The van der Waals surface area contributed by atoms with E-state index in [4.69, 9.17) is 4.74 Å². The summed E-state index contributed by atoms with van der Waals surface area (Å²) in [7, 11) is 0. The number of benzene rings is 3. The lowest BCUT2D eigenvalue weighted by atomic mass is 10.2. The summed E-state index contributed by atoms with van der Waals surface area (Å²) in [5.41, 5.74) is 5.34. The van der Waals surface area contributed by atoms with Gasteiger partial charge >= 0.3 is 0 Å². The van der Waals surface area contributed by atoms with E-state index in [1.807, 2.05) is 54.7 Å². The van der Waals surface area contributed by atoms with Gasteiger partial charge in [-0.3, -0.25) is 0 Å². The van der Waals surface area contributed by atoms with Gasteiger partial charge in [0.1, 0.15) is 18.7 Å². The number of aromatic nitrogens is 2. The van der Waals surface area contributed by atoms with Crippen molar-refractivity contribution in [2.45, 2.75) is 13.5 Å². The van der Waals surface area contributed by atoms with Gasteiger partial charge in [0.05, 0.1) is 17.2 Å². The minimum atomic E-state index is 0.564. The van der Waals surface area contributed by atoms with Gasteiger partial charge in [0, 0.05) is 0 Å². The quantitative estimate of drug-likeness (QED) is 0.489. The van der Waals surface area contributed by atoms with Crippen molar-refractivity contribution in [3.8, 4) is 5.75 Å². The lowest BCUT2D eigenvalue weighted by Crippen LogP contribution is -1.95. The molecular formula is C22H19N3O. The first kappa shape index (κ1) is 16.1. The molecule has 3 aromatic carbocycles. The van der Waals surface area contributed by atoms with E-state index in [9.17, 15) is 0 Å². The summed E-state index contributed by atoms with van der Waals surface area (Å²) in [6, 6.07) is 24.2. The molecule has 0 aliphatic heterocycles. The number of imidazole rings is 1. The minimum Gasteiger partial charge on any atom is -0.489 e. The van der Waals surface area contributed by atoms with Gasteiger partial charge in [0.2, 0.25) is 0 Å². The highest BCUT2D eigenvalue weighted by molar-refractivity contribution is 5.81. The zero-order valence-electron chi connectivity index (χ0n) is 14.5. The third kappa shape index (κ3) is 3.64. The summed E-state index contributed by atoms with van der Waals surface area (Å²) >= 11 is 0. The standard InChI is InChI=1S/C22H19N3O/c1-17-6-8-19(9-7-17)15-26-20-12-10-18(11-13-20)14-24-25-16-23-21-4-2-3-5-22(21)25/h2-14,16H,15H2,1H3/b24-14-. The normalized spacial score (nSPS) is 11.3. The summed E-state index contributed by atoms with van der Waals surface area (Å²) in [4.78, 5) is 4.33. The molecule has 26 heavy (non-hydrogen) atoms. The molecule has 0 amide bonds. The highest BCUT2D eigenvalue weighted by Gasteiger charge is 1.99. The third-order valence-corrected chi connectivity index (χ3v) is 4.17. The van der Waals surface area contributed by atoms with E-state index in [-0.39, 0.29) is 0 Å². The number of hydrogen-bond acceptors (Lipinski definition) is 3. The molecule has 0 saturated carbocycles. The van der Waals surface area contributed by atoms with Crippen LogP contribution in [0.2, 0.25) is 0 Å². The number of para-hydroxylation sites is 2. The first-order chi connectivity index (χ1) is 12.8. The fourth-order valence-electron chi connectivity index (χ4n) is 2.67. The van der Waals surface area contributed by atoms with Crippen LogP contribution in [0.25, 0.3) is 11.0 Å². The van der Waals surface area contributed by atoms with Gasteiger partial charge in [-0.25, -0.2) is 9.66 Å². The van der Waals surface area contributed by atoms with E-state index in [0.29, 0.717) is 6.61 Å². The van der Waals surface area contributed by atoms with Crippen molar-refractivity contribution in [2.24, 2.45) is 5.10 Å². The van der Waals surface area contributed by atoms with Crippen molar-refractivity contribution in [1.82, 2.24) is 9.66 Å². The Kier molecular flexibility index (Phi) is 4.48. The number of nitrogens with zero attached hydrogens (tertiary/aromatic N) is 3. The Morgan fingerprint density at radius 1 is 0.962 bits per heavy atom. The van der Waals surface area contributed by atoms with Crippen LogP contribution in [0.3, 0.4) is 0 Å². The monoisotopic (exact) mass is 341 g/mol. The van der Waals surface area contributed by atoms with Gasteiger partial charge in [-0.15, -0.1) is 0 Å². The lowest BCUT2D eigenvalue weighted by molar-refractivity contribution is 0.306. The number of aryl methyl sites for hydroxylation is 1. The molecule has 1 heterocycles. The number of fused-ring (bicyclic) bond motifs is 1. The molecule has 0 saturated heterocycles. The van der Waals surface area contributed by atoms with E-state index >= 15 is 0 Å². The summed E-state index contributed by atoms with van der Waals surface area (Å²) in [6.45, 7) is 2.65. The maximum atomic E-state index is 5.84. The fourth-order valence-corrected chi connectivity index (χ4v) is 2.67. The third-order valence-electron chi connectivity index (χ3n) is 4.17. The largest absolute Gasteiger partial charge is 0.489 e. The van der Waals surface area contributed by atoms with Crippen molar-refractivity contribution in [3.63, 3.8) is 0 Å². The summed E-state index contributed by atoms with van der Waals surface area (Å²) < 4.78 is 7.61. The average Bonchev–Trinajstić information content (AvgIpc) is 3.10. The van der Waals surface area contributed by atoms with Crippen LogP contribution in [-0.2, 0) is 6.61 Å². The molecule has 0 fully saturated rings. The van der Waals surface area contributed by atoms with Crippen LogP contribution in [0.15, 0.2) is 84.2 Å². The molecular weight excluding hydrogens is 322 g/mol.